The maximum atomic E-state index is 12.7. The Hall–Kier alpha value is -3.28. The minimum atomic E-state index is -0.503. The smallest absolute Gasteiger partial charge is 0.295 e. The highest BCUT2D eigenvalue weighted by atomic mass is 16.2. The summed E-state index contributed by atoms with van der Waals surface area (Å²) in [7, 11) is 0. The van der Waals surface area contributed by atoms with E-state index in [1.54, 1.807) is 23.2 Å². The van der Waals surface area contributed by atoms with E-state index in [-0.39, 0.29) is 5.92 Å². The van der Waals surface area contributed by atoms with Crippen molar-refractivity contribution >= 4 is 11.7 Å². The molecule has 1 aliphatic heterocycles. The number of H-pyrrole nitrogens is 1. The van der Waals surface area contributed by atoms with Crippen molar-refractivity contribution in [3.8, 4) is 11.1 Å². The number of nitrogens with zero attached hydrogens (tertiary/aromatic N) is 3. The molecule has 0 radical (unpaired) electrons. The first-order valence-corrected chi connectivity index (χ1v) is 9.47. The molecule has 0 bridgehead atoms. The first-order valence-electron chi connectivity index (χ1n) is 9.47. The largest absolute Gasteiger partial charge is 0.335 e. The maximum absolute atomic E-state index is 12.7. The minimum Gasteiger partial charge on any atom is -0.335 e. The summed E-state index contributed by atoms with van der Waals surface area (Å²) >= 11 is 0. The molecule has 0 unspecified atom stereocenters. The Balaban J connectivity index is 1.53. The molecule has 6 heteroatoms. The summed E-state index contributed by atoms with van der Waals surface area (Å²) in [6.07, 6.45) is 6.66. The number of amides is 1. The third-order valence-electron chi connectivity index (χ3n) is 5.27. The Morgan fingerprint density at radius 1 is 1.14 bits per heavy atom. The van der Waals surface area contributed by atoms with Gasteiger partial charge in [-0.1, -0.05) is 29.8 Å². The molecule has 142 valence electrons. The summed E-state index contributed by atoms with van der Waals surface area (Å²) < 4.78 is 0. The van der Waals surface area contributed by atoms with Crippen molar-refractivity contribution in [1.82, 2.24) is 20.1 Å². The van der Waals surface area contributed by atoms with Gasteiger partial charge in [-0.15, -0.1) is 0 Å². The van der Waals surface area contributed by atoms with Crippen molar-refractivity contribution in [3.63, 3.8) is 0 Å². The number of aromatic amines is 1. The molecule has 1 aliphatic rings. The lowest BCUT2D eigenvalue weighted by Crippen LogP contribution is -2.42. The second-order valence-corrected chi connectivity index (χ2v) is 7.22. The molecule has 1 N–H and O–H groups in total. The molecule has 2 aromatic heterocycles. The number of Topliss-reactive ketones (excluding diaryl/α,β-unsaturated/α-hetero) is 1. The number of aryl methyl sites for hydroxylation is 1. The number of carbonyl (C=O) groups excluding carboxylic acids is 2. The third kappa shape index (κ3) is 3.58. The standard InChI is InChI=1S/C22H22N4O2/c1-15-6-8-16(9-7-15)19-13-24-25-20(19)18-5-3-11-26(14-18)22(28)21(27)17-4-2-10-23-12-17/h2,4,6-10,12-13,18H,3,5,11,14H2,1H3,(H,24,25)/t18-/m1/s1. The van der Waals surface area contributed by atoms with Gasteiger partial charge in [0.05, 0.1) is 6.20 Å². The molecule has 0 saturated carbocycles. The lowest BCUT2D eigenvalue weighted by atomic mass is 9.90. The summed E-state index contributed by atoms with van der Waals surface area (Å²) in [4.78, 5) is 30.8. The average Bonchev–Trinajstić information content (AvgIpc) is 3.24. The SMILES string of the molecule is Cc1ccc(-c2cn[nH]c2[C@@H]2CCCN(C(=O)C(=O)c3cccnc3)C2)cc1. The van der Waals surface area contributed by atoms with Crippen LogP contribution in [0.2, 0.25) is 0 Å². The normalized spacial score (nSPS) is 16.8. The molecule has 1 atom stereocenters. The van der Waals surface area contributed by atoms with Crippen LogP contribution in [0.25, 0.3) is 11.1 Å². The van der Waals surface area contributed by atoms with Crippen LogP contribution < -0.4 is 0 Å². The first kappa shape index (κ1) is 18.1. The number of likely N-dealkylation sites (tertiary alicyclic amines) is 1. The van der Waals surface area contributed by atoms with Gasteiger partial charge in [0.2, 0.25) is 0 Å². The number of hydrogen-bond acceptors (Lipinski definition) is 4. The Kier molecular flexibility index (Phi) is 5.02. The Bertz CT molecular complexity index is 979. The monoisotopic (exact) mass is 374 g/mol. The predicted molar refractivity (Wildman–Crippen MR) is 106 cm³/mol. The van der Waals surface area contributed by atoms with E-state index < -0.39 is 11.7 Å². The molecule has 0 aliphatic carbocycles. The highest BCUT2D eigenvalue weighted by molar-refractivity contribution is 6.42. The van der Waals surface area contributed by atoms with Crippen LogP contribution in [0.5, 0.6) is 0 Å². The fraction of sp³-hybridized carbons (Fsp3) is 0.273. The number of aromatic nitrogens is 3. The summed E-state index contributed by atoms with van der Waals surface area (Å²) in [6.45, 7) is 3.16. The van der Waals surface area contributed by atoms with Gasteiger partial charge >= 0.3 is 0 Å². The molecular formula is C22H22N4O2. The van der Waals surface area contributed by atoms with Gasteiger partial charge in [0, 0.05) is 48.2 Å². The topological polar surface area (TPSA) is 79.0 Å². The minimum absolute atomic E-state index is 0.123. The van der Waals surface area contributed by atoms with E-state index in [0.717, 1.165) is 29.7 Å². The molecule has 6 nitrogen and oxygen atoms in total. The number of pyridine rings is 1. The highest BCUT2D eigenvalue weighted by Crippen LogP contribution is 2.33. The van der Waals surface area contributed by atoms with Crippen molar-refractivity contribution in [3.05, 3.63) is 71.8 Å². The van der Waals surface area contributed by atoms with E-state index in [2.05, 4.69) is 46.4 Å². The average molecular weight is 374 g/mol. The number of carbonyl (C=O) groups is 2. The van der Waals surface area contributed by atoms with Crippen LogP contribution in [0.3, 0.4) is 0 Å². The van der Waals surface area contributed by atoms with Gasteiger partial charge in [0.1, 0.15) is 0 Å². The van der Waals surface area contributed by atoms with E-state index >= 15 is 0 Å². The first-order chi connectivity index (χ1) is 13.6. The molecule has 28 heavy (non-hydrogen) atoms. The number of nitrogens with one attached hydrogen (secondary N) is 1. The van der Waals surface area contributed by atoms with Crippen LogP contribution in [0.15, 0.2) is 55.0 Å². The van der Waals surface area contributed by atoms with Gasteiger partial charge in [-0.3, -0.25) is 19.7 Å². The van der Waals surface area contributed by atoms with Crippen LogP contribution in [0.1, 0.15) is 40.4 Å². The quantitative estimate of drug-likeness (QED) is 0.561. The lowest BCUT2D eigenvalue weighted by Gasteiger charge is -2.32. The van der Waals surface area contributed by atoms with Crippen LogP contribution in [0, 0.1) is 6.92 Å². The maximum Gasteiger partial charge on any atom is 0.295 e. The van der Waals surface area contributed by atoms with Gasteiger partial charge in [-0.25, -0.2) is 0 Å². The molecule has 4 rings (SSSR count). The number of piperidine rings is 1. The van der Waals surface area contributed by atoms with E-state index in [9.17, 15) is 9.59 Å². The molecular weight excluding hydrogens is 352 g/mol. The summed E-state index contributed by atoms with van der Waals surface area (Å²) in [5.41, 5.74) is 4.71. The predicted octanol–water partition coefficient (Wildman–Crippen LogP) is 3.37. The Morgan fingerprint density at radius 2 is 1.96 bits per heavy atom. The highest BCUT2D eigenvalue weighted by Gasteiger charge is 2.31. The van der Waals surface area contributed by atoms with Gasteiger partial charge in [0.25, 0.3) is 11.7 Å². The van der Waals surface area contributed by atoms with Gasteiger partial charge < -0.3 is 4.90 Å². The van der Waals surface area contributed by atoms with E-state index in [0.29, 0.717) is 18.7 Å². The van der Waals surface area contributed by atoms with E-state index in [1.165, 1.54) is 11.8 Å². The number of rotatable bonds is 4. The molecule has 0 spiro atoms. The number of hydrogen-bond donors (Lipinski definition) is 1. The van der Waals surface area contributed by atoms with Crippen molar-refractivity contribution < 1.29 is 9.59 Å². The second kappa shape index (κ2) is 7.76. The fourth-order valence-corrected chi connectivity index (χ4v) is 3.73. The Morgan fingerprint density at radius 3 is 2.71 bits per heavy atom. The number of benzene rings is 1. The van der Waals surface area contributed by atoms with Crippen LogP contribution in [0.4, 0.5) is 0 Å². The van der Waals surface area contributed by atoms with E-state index in [4.69, 9.17) is 0 Å². The summed E-state index contributed by atoms with van der Waals surface area (Å²) in [5, 5.41) is 7.37. The summed E-state index contributed by atoms with van der Waals surface area (Å²) in [6, 6.07) is 11.6. The zero-order valence-corrected chi connectivity index (χ0v) is 15.8. The van der Waals surface area contributed by atoms with Crippen molar-refractivity contribution in [1.29, 1.82) is 0 Å². The van der Waals surface area contributed by atoms with Gasteiger partial charge in [-0.05, 0) is 37.5 Å². The van der Waals surface area contributed by atoms with E-state index in [1.807, 2.05) is 6.20 Å². The van der Waals surface area contributed by atoms with Crippen molar-refractivity contribution in [2.24, 2.45) is 0 Å². The van der Waals surface area contributed by atoms with Crippen LogP contribution >= 0.6 is 0 Å². The molecule has 1 fully saturated rings. The zero-order valence-electron chi connectivity index (χ0n) is 15.8. The summed E-state index contributed by atoms with van der Waals surface area (Å²) in [5.74, 6) is -0.843. The molecule has 3 aromatic rings. The third-order valence-corrected chi connectivity index (χ3v) is 5.27. The lowest BCUT2D eigenvalue weighted by molar-refractivity contribution is -0.127. The van der Waals surface area contributed by atoms with Crippen molar-refractivity contribution in [2.75, 3.05) is 13.1 Å². The fourth-order valence-electron chi connectivity index (χ4n) is 3.73. The molecule has 3 heterocycles. The van der Waals surface area contributed by atoms with Gasteiger partial charge in [-0.2, -0.15) is 5.10 Å². The molecule has 1 aromatic carbocycles. The molecule has 1 amide bonds. The zero-order chi connectivity index (χ0) is 19.5. The second-order valence-electron chi connectivity index (χ2n) is 7.22. The van der Waals surface area contributed by atoms with Crippen molar-refractivity contribution in [2.45, 2.75) is 25.7 Å². The number of ketones is 1. The van der Waals surface area contributed by atoms with Crippen LogP contribution in [-0.2, 0) is 4.79 Å². The van der Waals surface area contributed by atoms with Gasteiger partial charge in [0.15, 0.2) is 0 Å². The van der Waals surface area contributed by atoms with Crippen LogP contribution in [-0.4, -0.2) is 44.9 Å². The molecule has 1 saturated heterocycles. The Labute approximate surface area is 163 Å².